The third-order valence-corrected chi connectivity index (χ3v) is 2.46. The van der Waals surface area contributed by atoms with Gasteiger partial charge in [0.1, 0.15) is 5.69 Å². The van der Waals surface area contributed by atoms with Gasteiger partial charge in [-0.25, -0.2) is 4.68 Å². The highest BCUT2D eigenvalue weighted by molar-refractivity contribution is 5.71. The van der Waals surface area contributed by atoms with Gasteiger partial charge in [0.15, 0.2) is 0 Å². The second-order valence-corrected chi connectivity index (χ2v) is 3.89. The summed E-state index contributed by atoms with van der Waals surface area (Å²) in [5, 5.41) is 6.23. The van der Waals surface area contributed by atoms with Crippen LogP contribution in [0, 0.1) is 6.92 Å². The second-order valence-electron chi connectivity index (χ2n) is 3.89. The van der Waals surface area contributed by atoms with E-state index in [0.717, 1.165) is 10.7 Å². The minimum absolute atomic E-state index is 0.275. The molecule has 0 fully saturated rings. The van der Waals surface area contributed by atoms with Crippen molar-refractivity contribution in [1.82, 2.24) is 9.78 Å². The Morgan fingerprint density at radius 2 is 1.89 bits per heavy atom. The first-order valence-electron chi connectivity index (χ1n) is 5.36. The maximum atomic E-state index is 12.8. The Bertz CT molecular complexity index is 587. The lowest BCUT2D eigenvalue weighted by molar-refractivity contribution is -0.142. The zero-order chi connectivity index (χ0) is 14.0. The fourth-order valence-electron chi connectivity index (χ4n) is 1.67. The van der Waals surface area contributed by atoms with Gasteiger partial charge >= 0.3 is 6.18 Å². The first-order chi connectivity index (χ1) is 8.91. The van der Waals surface area contributed by atoms with Crippen LogP contribution in [0.25, 0.3) is 5.69 Å². The molecule has 1 aromatic heterocycles. The first kappa shape index (κ1) is 13.1. The quantitative estimate of drug-likeness (QED) is 0.871. The standard InChI is InChI=1S/C12H10F3N3O/c1-8-6-11(12(13,14)15)18(17-8)10-4-2-9(3-5-10)16-7-19/h2-7H,1H3,(H,16,19). The molecule has 1 aromatic carbocycles. The van der Waals surface area contributed by atoms with Crippen LogP contribution in [0.5, 0.6) is 0 Å². The number of aromatic nitrogens is 2. The maximum Gasteiger partial charge on any atom is 0.433 e. The number of hydrogen-bond donors (Lipinski definition) is 1. The van der Waals surface area contributed by atoms with E-state index in [1.165, 1.54) is 31.2 Å². The summed E-state index contributed by atoms with van der Waals surface area (Å²) in [4.78, 5) is 10.2. The number of halogens is 3. The normalized spacial score (nSPS) is 11.4. The summed E-state index contributed by atoms with van der Waals surface area (Å²) in [5.41, 5.74) is 0.219. The predicted molar refractivity (Wildman–Crippen MR) is 63.0 cm³/mol. The Morgan fingerprint density at radius 1 is 1.26 bits per heavy atom. The van der Waals surface area contributed by atoms with Crippen molar-refractivity contribution in [3.63, 3.8) is 0 Å². The molecule has 0 saturated heterocycles. The summed E-state index contributed by atoms with van der Waals surface area (Å²) in [6.45, 7) is 1.49. The van der Waals surface area contributed by atoms with E-state index in [1.54, 1.807) is 0 Å². The van der Waals surface area contributed by atoms with Gasteiger partial charge in [-0.3, -0.25) is 4.79 Å². The van der Waals surface area contributed by atoms with E-state index in [2.05, 4.69) is 10.4 Å². The van der Waals surface area contributed by atoms with Gasteiger partial charge in [0, 0.05) is 5.69 Å². The Balaban J connectivity index is 2.44. The van der Waals surface area contributed by atoms with Crippen LogP contribution in [0.1, 0.15) is 11.4 Å². The van der Waals surface area contributed by atoms with Gasteiger partial charge in [-0.05, 0) is 37.3 Å². The summed E-state index contributed by atoms with van der Waals surface area (Å²) in [5.74, 6) is 0. The van der Waals surface area contributed by atoms with Gasteiger partial charge in [0.25, 0.3) is 0 Å². The fraction of sp³-hybridized carbons (Fsp3) is 0.167. The van der Waals surface area contributed by atoms with Crippen molar-refractivity contribution < 1.29 is 18.0 Å². The maximum absolute atomic E-state index is 12.8. The molecule has 0 spiro atoms. The third-order valence-electron chi connectivity index (χ3n) is 2.46. The predicted octanol–water partition coefficient (Wildman–Crippen LogP) is 2.77. The van der Waals surface area contributed by atoms with E-state index in [0.29, 0.717) is 12.1 Å². The highest BCUT2D eigenvalue weighted by Gasteiger charge is 2.35. The number of rotatable bonds is 3. The summed E-state index contributed by atoms with van der Waals surface area (Å²) in [7, 11) is 0. The minimum Gasteiger partial charge on any atom is -0.329 e. The topological polar surface area (TPSA) is 46.9 Å². The van der Waals surface area contributed by atoms with Crippen molar-refractivity contribution in [1.29, 1.82) is 0 Å². The number of nitrogens with zero attached hydrogens (tertiary/aromatic N) is 2. The molecule has 0 aliphatic rings. The summed E-state index contributed by atoms with van der Waals surface area (Å²) < 4.78 is 39.3. The van der Waals surface area contributed by atoms with Crippen LogP contribution in [-0.4, -0.2) is 16.2 Å². The number of nitrogens with one attached hydrogen (secondary N) is 1. The number of carbonyl (C=O) groups excluding carboxylic acids is 1. The van der Waals surface area contributed by atoms with Crippen molar-refractivity contribution in [2.24, 2.45) is 0 Å². The van der Waals surface area contributed by atoms with Crippen LogP contribution in [0.2, 0.25) is 0 Å². The molecule has 0 atom stereocenters. The summed E-state index contributed by atoms with van der Waals surface area (Å²) in [6.07, 6.45) is -3.98. The van der Waals surface area contributed by atoms with Gasteiger partial charge in [-0.15, -0.1) is 0 Å². The molecule has 1 heterocycles. The third kappa shape index (κ3) is 2.75. The first-order valence-corrected chi connectivity index (χ1v) is 5.36. The van der Waals surface area contributed by atoms with Gasteiger partial charge in [0.2, 0.25) is 6.41 Å². The van der Waals surface area contributed by atoms with Crippen molar-refractivity contribution in [3.8, 4) is 5.69 Å². The molecule has 2 rings (SSSR count). The molecule has 100 valence electrons. The zero-order valence-corrected chi connectivity index (χ0v) is 9.90. The molecule has 1 N–H and O–H groups in total. The Kier molecular flexibility index (Phi) is 3.28. The number of alkyl halides is 3. The number of carbonyl (C=O) groups is 1. The molecule has 4 nitrogen and oxygen atoms in total. The Hall–Kier alpha value is -2.31. The number of aryl methyl sites for hydroxylation is 1. The van der Waals surface area contributed by atoms with Crippen molar-refractivity contribution >= 4 is 12.1 Å². The highest BCUT2D eigenvalue weighted by atomic mass is 19.4. The highest BCUT2D eigenvalue weighted by Crippen LogP contribution is 2.31. The van der Waals surface area contributed by atoms with Crippen LogP contribution in [0.3, 0.4) is 0 Å². The van der Waals surface area contributed by atoms with Gasteiger partial charge in [-0.1, -0.05) is 0 Å². The SMILES string of the molecule is Cc1cc(C(F)(F)F)n(-c2ccc(NC=O)cc2)n1. The van der Waals surface area contributed by atoms with Crippen LogP contribution in [0.4, 0.5) is 18.9 Å². The van der Waals surface area contributed by atoms with Crippen LogP contribution in [-0.2, 0) is 11.0 Å². The molecule has 1 amide bonds. The number of anilines is 1. The zero-order valence-electron chi connectivity index (χ0n) is 9.90. The second kappa shape index (κ2) is 4.75. The molecule has 19 heavy (non-hydrogen) atoms. The largest absolute Gasteiger partial charge is 0.433 e. The van der Waals surface area contributed by atoms with E-state index in [1.807, 2.05) is 0 Å². The molecular weight excluding hydrogens is 259 g/mol. The van der Waals surface area contributed by atoms with Crippen LogP contribution < -0.4 is 5.32 Å². The van der Waals surface area contributed by atoms with Gasteiger partial charge < -0.3 is 5.32 Å². The molecule has 0 radical (unpaired) electrons. The van der Waals surface area contributed by atoms with Crippen molar-refractivity contribution in [2.75, 3.05) is 5.32 Å². The van der Waals surface area contributed by atoms with E-state index in [4.69, 9.17) is 0 Å². The van der Waals surface area contributed by atoms with E-state index < -0.39 is 11.9 Å². The van der Waals surface area contributed by atoms with E-state index in [9.17, 15) is 18.0 Å². The Labute approximate surface area is 106 Å². The molecule has 0 aliphatic heterocycles. The lowest BCUT2D eigenvalue weighted by Gasteiger charge is -2.10. The van der Waals surface area contributed by atoms with Crippen LogP contribution in [0.15, 0.2) is 30.3 Å². The molecule has 0 unspecified atom stereocenters. The average Bonchev–Trinajstić information content (AvgIpc) is 2.73. The minimum atomic E-state index is -4.47. The Morgan fingerprint density at radius 3 is 2.42 bits per heavy atom. The number of amides is 1. The van der Waals surface area contributed by atoms with Crippen LogP contribution >= 0.6 is 0 Å². The van der Waals surface area contributed by atoms with Crippen molar-refractivity contribution in [3.05, 3.63) is 41.7 Å². The average molecular weight is 269 g/mol. The molecule has 0 aliphatic carbocycles. The summed E-state index contributed by atoms with van der Waals surface area (Å²) in [6, 6.07) is 6.89. The molecule has 0 saturated carbocycles. The van der Waals surface area contributed by atoms with E-state index in [-0.39, 0.29) is 11.4 Å². The molecule has 2 aromatic rings. The lowest BCUT2D eigenvalue weighted by Crippen LogP contribution is -2.13. The number of hydrogen-bond acceptors (Lipinski definition) is 2. The van der Waals surface area contributed by atoms with E-state index >= 15 is 0 Å². The molecular formula is C12H10F3N3O. The lowest BCUT2D eigenvalue weighted by atomic mass is 10.2. The smallest absolute Gasteiger partial charge is 0.329 e. The fourth-order valence-corrected chi connectivity index (χ4v) is 1.67. The van der Waals surface area contributed by atoms with Crippen molar-refractivity contribution in [2.45, 2.75) is 13.1 Å². The molecule has 7 heteroatoms. The van der Waals surface area contributed by atoms with Gasteiger partial charge in [-0.2, -0.15) is 18.3 Å². The monoisotopic (exact) mass is 269 g/mol. The van der Waals surface area contributed by atoms with Gasteiger partial charge in [0.05, 0.1) is 11.4 Å². The number of benzene rings is 1. The molecule has 0 bridgehead atoms. The summed E-state index contributed by atoms with van der Waals surface area (Å²) >= 11 is 0.